The second-order valence-corrected chi connectivity index (χ2v) is 6.80. The van der Waals surface area contributed by atoms with E-state index in [1.54, 1.807) is 12.4 Å². The van der Waals surface area contributed by atoms with Crippen LogP contribution in [0.25, 0.3) is 0 Å². The first kappa shape index (κ1) is 15.2. The number of aromatic nitrogens is 3. The van der Waals surface area contributed by atoms with Crippen molar-refractivity contribution in [3.63, 3.8) is 0 Å². The Morgan fingerprint density at radius 2 is 1.75 bits per heavy atom. The van der Waals surface area contributed by atoms with Crippen molar-refractivity contribution >= 4 is 11.7 Å². The van der Waals surface area contributed by atoms with Crippen molar-refractivity contribution in [3.05, 3.63) is 46.0 Å². The summed E-state index contributed by atoms with van der Waals surface area (Å²) in [6, 6.07) is 4.03. The molecule has 1 saturated carbocycles. The molecular weight excluding hydrogens is 304 g/mol. The summed E-state index contributed by atoms with van der Waals surface area (Å²) in [5.74, 6) is 0.433. The molecule has 6 nitrogen and oxygen atoms in total. The van der Waals surface area contributed by atoms with Gasteiger partial charge in [0.2, 0.25) is 5.91 Å². The third-order valence-corrected chi connectivity index (χ3v) is 5.26. The van der Waals surface area contributed by atoms with Crippen molar-refractivity contribution in [1.82, 2.24) is 14.8 Å². The molecule has 1 fully saturated rings. The van der Waals surface area contributed by atoms with Crippen molar-refractivity contribution < 1.29 is 4.79 Å². The van der Waals surface area contributed by atoms with E-state index in [-0.39, 0.29) is 23.4 Å². The highest BCUT2D eigenvalue weighted by Gasteiger charge is 2.34. The predicted molar refractivity (Wildman–Crippen MR) is 91.1 cm³/mol. The number of anilines is 1. The summed E-state index contributed by atoms with van der Waals surface area (Å²) in [4.78, 5) is 29.0. The molecule has 1 aliphatic carbocycles. The summed E-state index contributed by atoms with van der Waals surface area (Å²) >= 11 is 0. The number of carbonyl (C=O) groups excluding carboxylic acids is 1. The molecule has 6 heteroatoms. The molecule has 0 spiro atoms. The van der Waals surface area contributed by atoms with Gasteiger partial charge in [-0.05, 0) is 30.5 Å². The van der Waals surface area contributed by atoms with Crippen LogP contribution in [0.2, 0.25) is 0 Å². The van der Waals surface area contributed by atoms with Gasteiger partial charge in [-0.15, -0.1) is 0 Å². The summed E-state index contributed by atoms with van der Waals surface area (Å²) in [6.45, 7) is 0. The zero-order chi connectivity index (χ0) is 16.5. The number of nitrogens with one attached hydrogen (secondary N) is 2. The lowest BCUT2D eigenvalue weighted by Gasteiger charge is -2.25. The lowest BCUT2D eigenvalue weighted by atomic mass is 9.88. The van der Waals surface area contributed by atoms with Crippen molar-refractivity contribution in [3.8, 4) is 0 Å². The fraction of sp³-hybridized carbons (Fsp3) is 0.500. The van der Waals surface area contributed by atoms with Crippen LogP contribution in [0.4, 0.5) is 5.82 Å². The molecule has 3 heterocycles. The molecule has 2 aliphatic rings. The van der Waals surface area contributed by atoms with Crippen LogP contribution in [0.5, 0.6) is 0 Å². The molecule has 2 N–H and O–H groups in total. The van der Waals surface area contributed by atoms with Gasteiger partial charge in [0.15, 0.2) is 0 Å². The Hall–Kier alpha value is -2.37. The number of aromatic amines is 1. The largest absolute Gasteiger partial charge is 0.311 e. The minimum absolute atomic E-state index is 0.0364. The van der Waals surface area contributed by atoms with Crippen LogP contribution in [-0.2, 0) is 4.79 Å². The van der Waals surface area contributed by atoms with Crippen molar-refractivity contribution in [2.24, 2.45) is 0 Å². The van der Waals surface area contributed by atoms with Crippen molar-refractivity contribution in [1.29, 1.82) is 0 Å². The maximum Gasteiger partial charge on any atom is 0.270 e. The van der Waals surface area contributed by atoms with Crippen molar-refractivity contribution in [2.75, 3.05) is 5.32 Å². The van der Waals surface area contributed by atoms with Gasteiger partial charge in [0.1, 0.15) is 5.82 Å². The number of hydrogen-bond acceptors (Lipinski definition) is 3. The Morgan fingerprint density at radius 1 is 1.04 bits per heavy atom. The summed E-state index contributed by atoms with van der Waals surface area (Å²) in [5.41, 5.74) is 1.56. The molecule has 0 unspecified atom stereocenters. The van der Waals surface area contributed by atoms with Gasteiger partial charge in [-0.25, -0.2) is 0 Å². The summed E-state index contributed by atoms with van der Waals surface area (Å²) in [5, 5.41) is 5.95. The number of nitrogens with zero attached hydrogens (tertiary/aromatic N) is 2. The predicted octanol–water partition coefficient (Wildman–Crippen LogP) is 2.94. The van der Waals surface area contributed by atoms with E-state index in [0.717, 1.165) is 18.4 Å². The van der Waals surface area contributed by atoms with Crippen LogP contribution in [0.15, 0.2) is 29.3 Å². The monoisotopic (exact) mass is 326 g/mol. The number of carbonyl (C=O) groups is 1. The molecule has 126 valence electrons. The summed E-state index contributed by atoms with van der Waals surface area (Å²) in [6.07, 6.45) is 10.6. The average molecular weight is 326 g/mol. The molecule has 2 aromatic rings. The highest BCUT2D eigenvalue weighted by molar-refractivity contribution is 5.94. The number of hydrogen-bond donors (Lipinski definition) is 2. The quantitative estimate of drug-likeness (QED) is 0.833. The number of pyridine rings is 1. The molecule has 1 aliphatic heterocycles. The van der Waals surface area contributed by atoms with Crippen LogP contribution >= 0.6 is 0 Å². The van der Waals surface area contributed by atoms with Gasteiger partial charge in [0.05, 0.1) is 11.6 Å². The Kier molecular flexibility index (Phi) is 3.96. The Bertz CT molecular complexity index is 785. The van der Waals surface area contributed by atoms with Crippen LogP contribution in [-0.4, -0.2) is 20.7 Å². The lowest BCUT2D eigenvalue weighted by Crippen LogP contribution is -2.27. The Balaban J connectivity index is 1.78. The van der Waals surface area contributed by atoms with Gasteiger partial charge in [0.25, 0.3) is 5.56 Å². The highest BCUT2D eigenvalue weighted by Crippen LogP contribution is 2.37. The maximum atomic E-state index is 12.7. The molecule has 24 heavy (non-hydrogen) atoms. The van der Waals surface area contributed by atoms with Crippen LogP contribution in [0, 0.1) is 0 Å². The molecule has 2 aromatic heterocycles. The van der Waals surface area contributed by atoms with E-state index >= 15 is 0 Å². The van der Waals surface area contributed by atoms with Crippen molar-refractivity contribution in [2.45, 2.75) is 56.9 Å². The topological polar surface area (TPSA) is 79.8 Å². The third-order valence-electron chi connectivity index (χ3n) is 5.26. The molecule has 0 bridgehead atoms. The maximum absolute atomic E-state index is 12.7. The van der Waals surface area contributed by atoms with E-state index in [9.17, 15) is 9.59 Å². The molecular formula is C18H22N4O2. The molecule has 4 rings (SSSR count). The highest BCUT2D eigenvalue weighted by atomic mass is 16.2. The fourth-order valence-corrected chi connectivity index (χ4v) is 4.05. The van der Waals surface area contributed by atoms with Crippen LogP contribution < -0.4 is 10.9 Å². The zero-order valence-electron chi connectivity index (χ0n) is 13.6. The molecule has 0 saturated heterocycles. The van der Waals surface area contributed by atoms with Gasteiger partial charge in [-0.3, -0.25) is 24.4 Å². The second kappa shape index (κ2) is 6.26. The first-order chi connectivity index (χ1) is 11.7. The van der Waals surface area contributed by atoms with E-state index in [0.29, 0.717) is 17.8 Å². The standard InChI is InChI=1S/C18H22N4O2/c23-15-11-14(12-7-9-19-10-8-12)16-17(20-15)22(21-18(16)24)13-5-3-1-2-4-6-13/h7-10,13-14H,1-6,11H2,(H,20,23)(H,21,24)/t14-/m1/s1. The normalized spacial score (nSPS) is 21.8. The third kappa shape index (κ3) is 2.66. The van der Waals surface area contributed by atoms with E-state index < -0.39 is 0 Å². The molecule has 0 radical (unpaired) electrons. The second-order valence-electron chi connectivity index (χ2n) is 6.80. The van der Waals surface area contributed by atoms with E-state index in [2.05, 4.69) is 15.4 Å². The minimum atomic E-state index is -0.201. The van der Waals surface area contributed by atoms with Crippen LogP contribution in [0.3, 0.4) is 0 Å². The smallest absolute Gasteiger partial charge is 0.270 e. The van der Waals surface area contributed by atoms with Gasteiger partial charge in [-0.1, -0.05) is 25.7 Å². The minimum Gasteiger partial charge on any atom is -0.311 e. The first-order valence-electron chi connectivity index (χ1n) is 8.78. The van der Waals surface area contributed by atoms with Crippen LogP contribution in [0.1, 0.15) is 68.0 Å². The zero-order valence-corrected chi connectivity index (χ0v) is 13.6. The van der Waals surface area contributed by atoms with E-state index in [4.69, 9.17) is 0 Å². The van der Waals surface area contributed by atoms with Gasteiger partial charge >= 0.3 is 0 Å². The average Bonchev–Trinajstić information content (AvgIpc) is 2.79. The molecule has 1 amide bonds. The Morgan fingerprint density at radius 3 is 2.46 bits per heavy atom. The Labute approximate surface area is 140 Å². The number of rotatable bonds is 2. The summed E-state index contributed by atoms with van der Waals surface area (Å²) in [7, 11) is 0. The molecule has 1 atom stereocenters. The number of amides is 1. The SMILES string of the molecule is O=C1C[C@H](c2ccncc2)c2c(n(C3CCCCCC3)[nH]c2=O)N1. The van der Waals surface area contributed by atoms with E-state index in [1.165, 1.54) is 25.7 Å². The lowest BCUT2D eigenvalue weighted by molar-refractivity contribution is -0.116. The summed E-state index contributed by atoms with van der Waals surface area (Å²) < 4.78 is 1.92. The van der Waals surface area contributed by atoms with Gasteiger partial charge < -0.3 is 5.32 Å². The molecule has 0 aromatic carbocycles. The fourth-order valence-electron chi connectivity index (χ4n) is 4.05. The van der Waals surface area contributed by atoms with E-state index in [1.807, 2.05) is 16.8 Å². The number of fused-ring (bicyclic) bond motifs is 1. The van der Waals surface area contributed by atoms with Gasteiger partial charge in [-0.2, -0.15) is 0 Å². The number of H-pyrrole nitrogens is 1. The first-order valence-corrected chi connectivity index (χ1v) is 8.78. The van der Waals surface area contributed by atoms with Gasteiger partial charge in [0, 0.05) is 24.7 Å².